The maximum atomic E-state index is 13.7. The summed E-state index contributed by atoms with van der Waals surface area (Å²) in [4.78, 5) is 20.1. The lowest BCUT2D eigenvalue weighted by Crippen LogP contribution is -2.50. The summed E-state index contributed by atoms with van der Waals surface area (Å²) in [5, 5.41) is 1.23. The van der Waals surface area contributed by atoms with Gasteiger partial charge in [-0.2, -0.15) is 0 Å². The first-order chi connectivity index (χ1) is 15.1. The summed E-state index contributed by atoms with van der Waals surface area (Å²) in [6.07, 6.45) is -1.22. The third-order valence-electron chi connectivity index (χ3n) is 5.11. The van der Waals surface area contributed by atoms with Crippen molar-refractivity contribution in [2.24, 2.45) is 0 Å². The normalized spacial score (nSPS) is 17.5. The van der Waals surface area contributed by atoms with Gasteiger partial charge < -0.3 is 9.47 Å². The Morgan fingerprint density at radius 2 is 1.74 bits per heavy atom. The van der Waals surface area contributed by atoms with E-state index in [0.717, 1.165) is 15.8 Å². The summed E-state index contributed by atoms with van der Waals surface area (Å²) < 4.78 is 13.0. The molecule has 0 saturated heterocycles. The third-order valence-corrected chi connectivity index (χ3v) is 6.38. The average molecular weight is 451 g/mol. The van der Waals surface area contributed by atoms with Crippen LogP contribution >= 0.6 is 22.9 Å². The molecule has 5 nitrogen and oxygen atoms in total. The van der Waals surface area contributed by atoms with Gasteiger partial charge in [0.2, 0.25) is 6.10 Å². The van der Waals surface area contributed by atoms with E-state index in [9.17, 15) is 4.79 Å². The Bertz CT molecular complexity index is 1240. The van der Waals surface area contributed by atoms with E-state index in [0.29, 0.717) is 28.2 Å². The number of thiazole rings is 1. The molecule has 156 valence electrons. The minimum Gasteiger partial charge on any atom is -0.482 e. The number of aromatic nitrogens is 1. The van der Waals surface area contributed by atoms with E-state index in [-0.39, 0.29) is 5.91 Å². The van der Waals surface area contributed by atoms with Gasteiger partial charge in [-0.1, -0.05) is 65.4 Å². The average Bonchev–Trinajstić information content (AvgIpc) is 3.20. The molecule has 0 aliphatic carbocycles. The number of ether oxygens (including phenoxy) is 2. The predicted octanol–water partition coefficient (Wildman–Crippen LogP) is 5.71. The molecule has 0 radical (unpaired) electrons. The molecule has 2 heterocycles. The number of carbonyl (C=O) groups is 1. The Labute approximate surface area is 188 Å². The number of halogens is 1. The van der Waals surface area contributed by atoms with Crippen molar-refractivity contribution in [3.05, 3.63) is 83.4 Å². The van der Waals surface area contributed by atoms with Crippen LogP contribution in [0.2, 0.25) is 5.02 Å². The molecule has 5 rings (SSSR count). The first-order valence-electron chi connectivity index (χ1n) is 9.92. The first-order valence-corrected chi connectivity index (χ1v) is 11.1. The van der Waals surface area contributed by atoms with Gasteiger partial charge in [0.15, 0.2) is 16.6 Å². The lowest BCUT2D eigenvalue weighted by Gasteiger charge is -2.33. The number of amides is 1. The number of carbonyl (C=O) groups excluding carboxylic acids is 1. The molecule has 0 spiro atoms. The van der Waals surface area contributed by atoms with E-state index in [4.69, 9.17) is 26.1 Å². The fraction of sp³-hybridized carbons (Fsp3) is 0.167. The number of rotatable bonds is 4. The largest absolute Gasteiger partial charge is 0.482 e. The summed E-state index contributed by atoms with van der Waals surface area (Å²) in [6, 6.07) is 22.7. The second-order valence-electron chi connectivity index (χ2n) is 7.33. The van der Waals surface area contributed by atoms with E-state index in [1.165, 1.54) is 11.3 Å². The van der Waals surface area contributed by atoms with Gasteiger partial charge >= 0.3 is 0 Å². The molecule has 1 aliphatic rings. The van der Waals surface area contributed by atoms with E-state index in [1.54, 1.807) is 11.0 Å². The molecule has 1 aliphatic heterocycles. The summed E-state index contributed by atoms with van der Waals surface area (Å²) in [7, 11) is 0. The van der Waals surface area contributed by atoms with Gasteiger partial charge in [-0.15, -0.1) is 0 Å². The Hall–Kier alpha value is -3.09. The molecular weight excluding hydrogens is 432 g/mol. The number of anilines is 1. The number of benzene rings is 3. The summed E-state index contributed by atoms with van der Waals surface area (Å²) >= 11 is 7.58. The number of fused-ring (bicyclic) bond motifs is 2. The summed E-state index contributed by atoms with van der Waals surface area (Å²) in [5.74, 6) is 1.01. The van der Waals surface area contributed by atoms with Gasteiger partial charge in [-0.25, -0.2) is 4.98 Å². The minimum atomic E-state index is -0.783. The van der Waals surface area contributed by atoms with Crippen LogP contribution in [-0.4, -0.2) is 23.1 Å². The van der Waals surface area contributed by atoms with Crippen molar-refractivity contribution in [2.75, 3.05) is 4.90 Å². The highest BCUT2D eigenvalue weighted by Crippen LogP contribution is 2.36. The van der Waals surface area contributed by atoms with E-state index < -0.39 is 12.2 Å². The Balaban J connectivity index is 1.52. The van der Waals surface area contributed by atoms with Crippen molar-refractivity contribution < 1.29 is 14.3 Å². The molecule has 2 unspecified atom stereocenters. The second kappa shape index (κ2) is 8.21. The summed E-state index contributed by atoms with van der Waals surface area (Å²) in [6.45, 7) is 2.22. The fourth-order valence-corrected chi connectivity index (χ4v) is 4.80. The van der Waals surface area contributed by atoms with Gasteiger partial charge in [-0.3, -0.25) is 9.69 Å². The Morgan fingerprint density at radius 1 is 1.03 bits per heavy atom. The zero-order valence-electron chi connectivity index (χ0n) is 16.7. The topological polar surface area (TPSA) is 51.7 Å². The fourth-order valence-electron chi connectivity index (χ4n) is 3.55. The molecule has 31 heavy (non-hydrogen) atoms. The lowest BCUT2D eigenvalue weighted by molar-refractivity contribution is -0.130. The SMILES string of the molecule is CC1Oc2ccccc2OC1C(=O)N(Cc1ccccc1)c1nc2ccc(Cl)cc2s1. The van der Waals surface area contributed by atoms with Gasteiger partial charge in [-0.05, 0) is 42.8 Å². The van der Waals surface area contributed by atoms with Crippen LogP contribution in [0.5, 0.6) is 11.5 Å². The number of hydrogen-bond donors (Lipinski definition) is 0. The van der Waals surface area contributed by atoms with Crippen molar-refractivity contribution in [1.82, 2.24) is 4.98 Å². The monoisotopic (exact) mass is 450 g/mol. The number of para-hydroxylation sites is 2. The Kier molecular flexibility index (Phi) is 5.26. The van der Waals surface area contributed by atoms with Gasteiger partial charge in [0.25, 0.3) is 5.91 Å². The number of nitrogens with zero attached hydrogens (tertiary/aromatic N) is 2. The van der Waals surface area contributed by atoms with E-state index in [2.05, 4.69) is 0 Å². The number of hydrogen-bond acceptors (Lipinski definition) is 5. The molecule has 0 bridgehead atoms. The minimum absolute atomic E-state index is 0.198. The molecule has 1 aromatic heterocycles. The van der Waals surface area contributed by atoms with Crippen molar-refractivity contribution in [3.8, 4) is 11.5 Å². The molecule has 0 fully saturated rings. The van der Waals surface area contributed by atoms with Gasteiger partial charge in [0, 0.05) is 5.02 Å². The highest BCUT2D eigenvalue weighted by Gasteiger charge is 2.38. The van der Waals surface area contributed by atoms with E-state index in [1.807, 2.05) is 73.7 Å². The van der Waals surface area contributed by atoms with Crippen LogP contribution < -0.4 is 14.4 Å². The smallest absolute Gasteiger partial charge is 0.274 e. The van der Waals surface area contributed by atoms with Crippen molar-refractivity contribution in [3.63, 3.8) is 0 Å². The molecule has 4 aromatic rings. The van der Waals surface area contributed by atoms with Crippen LogP contribution in [-0.2, 0) is 11.3 Å². The van der Waals surface area contributed by atoms with Crippen LogP contribution in [0.3, 0.4) is 0 Å². The van der Waals surface area contributed by atoms with Crippen LogP contribution in [0.1, 0.15) is 12.5 Å². The zero-order chi connectivity index (χ0) is 21.4. The highest BCUT2D eigenvalue weighted by atomic mass is 35.5. The molecule has 3 aromatic carbocycles. The van der Waals surface area contributed by atoms with Crippen molar-refractivity contribution in [2.45, 2.75) is 25.7 Å². The third kappa shape index (κ3) is 3.96. The lowest BCUT2D eigenvalue weighted by atomic mass is 10.1. The maximum Gasteiger partial charge on any atom is 0.274 e. The van der Waals surface area contributed by atoms with Crippen LogP contribution in [0.15, 0.2) is 72.8 Å². The van der Waals surface area contributed by atoms with Crippen LogP contribution in [0.4, 0.5) is 5.13 Å². The van der Waals surface area contributed by atoms with Gasteiger partial charge in [0.1, 0.15) is 6.10 Å². The standard InChI is InChI=1S/C24H19ClN2O3S/c1-15-22(30-20-10-6-5-9-19(20)29-15)23(28)27(14-16-7-3-2-4-8-16)24-26-18-12-11-17(25)13-21(18)31-24/h2-13,15,22H,14H2,1H3. The molecule has 7 heteroatoms. The molecule has 2 atom stereocenters. The van der Waals surface area contributed by atoms with Crippen LogP contribution in [0.25, 0.3) is 10.2 Å². The Morgan fingerprint density at radius 3 is 2.52 bits per heavy atom. The molecular formula is C24H19ClN2O3S. The molecule has 0 saturated carbocycles. The first kappa shape index (κ1) is 19.8. The molecule has 0 N–H and O–H groups in total. The highest BCUT2D eigenvalue weighted by molar-refractivity contribution is 7.22. The van der Waals surface area contributed by atoms with E-state index >= 15 is 0 Å². The zero-order valence-corrected chi connectivity index (χ0v) is 18.3. The summed E-state index contributed by atoms with van der Waals surface area (Å²) in [5.41, 5.74) is 1.80. The maximum absolute atomic E-state index is 13.7. The van der Waals surface area contributed by atoms with Crippen molar-refractivity contribution >= 4 is 44.2 Å². The second-order valence-corrected chi connectivity index (χ2v) is 8.77. The van der Waals surface area contributed by atoms with Gasteiger partial charge in [0.05, 0.1) is 16.8 Å². The molecule has 1 amide bonds. The van der Waals surface area contributed by atoms with Crippen LogP contribution in [0, 0.1) is 0 Å². The van der Waals surface area contributed by atoms with Crippen molar-refractivity contribution in [1.29, 1.82) is 0 Å². The predicted molar refractivity (Wildman–Crippen MR) is 123 cm³/mol. The quantitative estimate of drug-likeness (QED) is 0.399.